The van der Waals surface area contributed by atoms with Gasteiger partial charge in [0, 0.05) is 24.0 Å². The van der Waals surface area contributed by atoms with Crippen molar-refractivity contribution in [1.82, 2.24) is 15.0 Å². The molecular formula is C17H15FN4O2. The number of halogens is 1. The van der Waals surface area contributed by atoms with Gasteiger partial charge in [0.25, 0.3) is 0 Å². The van der Waals surface area contributed by atoms with E-state index in [-0.39, 0.29) is 5.82 Å². The first-order valence-corrected chi connectivity index (χ1v) is 7.24. The Morgan fingerprint density at radius 1 is 1.12 bits per heavy atom. The number of nitrogens with one attached hydrogen (secondary N) is 1. The second-order valence-corrected chi connectivity index (χ2v) is 5.05. The van der Waals surface area contributed by atoms with Gasteiger partial charge in [0.15, 0.2) is 6.23 Å². The summed E-state index contributed by atoms with van der Waals surface area (Å²) >= 11 is 0. The van der Waals surface area contributed by atoms with Crippen molar-refractivity contribution in [3.8, 4) is 11.5 Å². The zero-order valence-corrected chi connectivity index (χ0v) is 12.8. The fourth-order valence-corrected chi connectivity index (χ4v) is 2.11. The largest absolute Gasteiger partial charge is 0.456 e. The van der Waals surface area contributed by atoms with E-state index in [0.29, 0.717) is 22.9 Å². The molecule has 3 heterocycles. The highest BCUT2D eigenvalue weighted by atomic mass is 19.1. The monoisotopic (exact) mass is 326 g/mol. The Bertz CT molecular complexity index is 830. The molecule has 0 bridgehead atoms. The van der Waals surface area contributed by atoms with Crippen LogP contribution >= 0.6 is 0 Å². The number of pyridine rings is 3. The van der Waals surface area contributed by atoms with Crippen molar-refractivity contribution in [1.29, 1.82) is 0 Å². The molecule has 0 fully saturated rings. The van der Waals surface area contributed by atoms with Crippen LogP contribution in [0.2, 0.25) is 0 Å². The molecule has 1 atom stereocenters. The van der Waals surface area contributed by atoms with Crippen LogP contribution in [-0.2, 0) is 0 Å². The van der Waals surface area contributed by atoms with Gasteiger partial charge in [-0.3, -0.25) is 9.97 Å². The third-order valence-corrected chi connectivity index (χ3v) is 3.10. The van der Waals surface area contributed by atoms with Gasteiger partial charge in [-0.25, -0.2) is 4.98 Å². The molecule has 0 aliphatic carbocycles. The molecule has 2 N–H and O–H groups in total. The maximum atomic E-state index is 13.1. The second-order valence-electron chi connectivity index (χ2n) is 5.05. The lowest BCUT2D eigenvalue weighted by molar-refractivity contribution is 0.202. The summed E-state index contributed by atoms with van der Waals surface area (Å²) in [5.41, 5.74) is 0.999. The molecule has 0 saturated carbocycles. The summed E-state index contributed by atoms with van der Waals surface area (Å²) in [6, 6.07) is 11.1. The third kappa shape index (κ3) is 4.02. The first-order chi connectivity index (χ1) is 11.6. The average Bonchev–Trinajstić information content (AvgIpc) is 2.55. The molecule has 0 aliphatic heterocycles. The van der Waals surface area contributed by atoms with Gasteiger partial charge in [0.05, 0.1) is 11.9 Å². The predicted molar refractivity (Wildman–Crippen MR) is 86.1 cm³/mol. The van der Waals surface area contributed by atoms with E-state index in [9.17, 15) is 9.50 Å². The second kappa shape index (κ2) is 7.01. The molecule has 6 nitrogen and oxygen atoms in total. The van der Waals surface area contributed by atoms with Gasteiger partial charge in [-0.1, -0.05) is 6.07 Å². The molecule has 7 heteroatoms. The summed E-state index contributed by atoms with van der Waals surface area (Å²) in [6.45, 7) is 1.78. The highest BCUT2D eigenvalue weighted by Gasteiger charge is 2.13. The van der Waals surface area contributed by atoms with Gasteiger partial charge in [-0.2, -0.15) is 4.39 Å². The quantitative estimate of drug-likeness (QED) is 0.553. The molecule has 24 heavy (non-hydrogen) atoms. The lowest BCUT2D eigenvalue weighted by Crippen LogP contribution is -2.13. The van der Waals surface area contributed by atoms with E-state index in [1.54, 1.807) is 49.6 Å². The number of aromatic nitrogens is 3. The highest BCUT2D eigenvalue weighted by molar-refractivity contribution is 5.38. The molecule has 0 aromatic carbocycles. The maximum Gasteiger partial charge on any atom is 0.214 e. The molecule has 0 radical (unpaired) electrons. The highest BCUT2D eigenvalue weighted by Crippen LogP contribution is 2.24. The minimum atomic E-state index is -1.16. The standard InChI is InChI=1S/C17H15FN4O2/c1-11-8-13(24-12-4-3-7-19-10-12)9-14(20-11)17(23)22-16-6-2-5-15(18)21-16/h2-10,17,23H,1H3,(H,21,22). The topological polar surface area (TPSA) is 80.2 Å². The zero-order chi connectivity index (χ0) is 16.9. The fourth-order valence-electron chi connectivity index (χ4n) is 2.11. The van der Waals surface area contributed by atoms with E-state index < -0.39 is 12.2 Å². The third-order valence-electron chi connectivity index (χ3n) is 3.10. The number of nitrogens with zero attached hydrogens (tertiary/aromatic N) is 3. The van der Waals surface area contributed by atoms with Crippen molar-refractivity contribution in [2.45, 2.75) is 13.2 Å². The average molecular weight is 326 g/mol. The van der Waals surface area contributed by atoms with E-state index in [1.807, 2.05) is 0 Å². The number of ether oxygens (including phenoxy) is 1. The van der Waals surface area contributed by atoms with Crippen molar-refractivity contribution < 1.29 is 14.2 Å². The number of hydrogen-bond donors (Lipinski definition) is 2. The van der Waals surface area contributed by atoms with Crippen molar-refractivity contribution in [3.63, 3.8) is 0 Å². The lowest BCUT2D eigenvalue weighted by atomic mass is 10.2. The summed E-state index contributed by atoms with van der Waals surface area (Å²) in [6.07, 6.45) is 2.08. The van der Waals surface area contributed by atoms with Crippen LogP contribution in [-0.4, -0.2) is 20.1 Å². The Balaban J connectivity index is 1.80. The van der Waals surface area contributed by atoms with Crippen LogP contribution in [0.3, 0.4) is 0 Å². The Morgan fingerprint density at radius 3 is 2.75 bits per heavy atom. The minimum Gasteiger partial charge on any atom is -0.456 e. The van der Waals surface area contributed by atoms with Crippen LogP contribution in [0.25, 0.3) is 0 Å². The SMILES string of the molecule is Cc1cc(Oc2cccnc2)cc(C(O)Nc2cccc(F)n2)n1. The van der Waals surface area contributed by atoms with Crippen LogP contribution in [0.4, 0.5) is 10.2 Å². The normalized spacial score (nSPS) is 11.8. The van der Waals surface area contributed by atoms with Crippen LogP contribution in [0.15, 0.2) is 54.9 Å². The molecule has 0 spiro atoms. The zero-order valence-electron chi connectivity index (χ0n) is 12.8. The Morgan fingerprint density at radius 2 is 2.00 bits per heavy atom. The molecule has 0 saturated heterocycles. The summed E-state index contributed by atoms with van der Waals surface area (Å²) in [5, 5.41) is 13.0. The molecule has 0 aliphatic rings. The maximum absolute atomic E-state index is 13.1. The van der Waals surface area contributed by atoms with Gasteiger partial charge < -0.3 is 15.2 Å². The Hall–Kier alpha value is -3.06. The van der Waals surface area contributed by atoms with Crippen molar-refractivity contribution in [2.75, 3.05) is 5.32 Å². The number of rotatable bonds is 5. The minimum absolute atomic E-state index is 0.209. The summed E-state index contributed by atoms with van der Waals surface area (Å²) in [4.78, 5) is 11.9. The number of anilines is 1. The predicted octanol–water partition coefficient (Wildman–Crippen LogP) is 3.21. The van der Waals surface area contributed by atoms with Gasteiger partial charge in [-0.05, 0) is 31.2 Å². The molecule has 3 aromatic heterocycles. The van der Waals surface area contributed by atoms with E-state index >= 15 is 0 Å². The van der Waals surface area contributed by atoms with Gasteiger partial charge >= 0.3 is 0 Å². The van der Waals surface area contributed by atoms with Gasteiger partial charge in [0.1, 0.15) is 17.3 Å². The summed E-state index contributed by atoms with van der Waals surface area (Å²) in [5.74, 6) is 0.660. The van der Waals surface area contributed by atoms with Crippen molar-refractivity contribution in [2.24, 2.45) is 0 Å². The number of aliphatic hydroxyl groups excluding tert-OH is 1. The summed E-state index contributed by atoms with van der Waals surface area (Å²) < 4.78 is 18.8. The number of aliphatic hydroxyl groups is 1. The Labute approximate surface area is 138 Å². The van der Waals surface area contributed by atoms with Crippen LogP contribution in [0, 0.1) is 12.9 Å². The van der Waals surface area contributed by atoms with E-state index in [4.69, 9.17) is 4.74 Å². The van der Waals surface area contributed by atoms with Crippen LogP contribution < -0.4 is 10.1 Å². The van der Waals surface area contributed by atoms with E-state index in [2.05, 4.69) is 20.3 Å². The van der Waals surface area contributed by atoms with E-state index in [0.717, 1.165) is 0 Å². The fraction of sp³-hybridized carbons (Fsp3) is 0.118. The number of aryl methyl sites for hydroxylation is 1. The van der Waals surface area contributed by atoms with E-state index in [1.165, 1.54) is 12.1 Å². The molecule has 3 rings (SSSR count). The molecule has 1 unspecified atom stereocenters. The molecule has 3 aromatic rings. The molecule has 0 amide bonds. The smallest absolute Gasteiger partial charge is 0.214 e. The van der Waals surface area contributed by atoms with Gasteiger partial charge in [-0.15, -0.1) is 0 Å². The molecule has 122 valence electrons. The lowest BCUT2D eigenvalue weighted by Gasteiger charge is -2.15. The van der Waals surface area contributed by atoms with Crippen LogP contribution in [0.5, 0.6) is 11.5 Å². The van der Waals surface area contributed by atoms with Crippen molar-refractivity contribution in [3.05, 3.63) is 72.2 Å². The first-order valence-electron chi connectivity index (χ1n) is 7.24. The van der Waals surface area contributed by atoms with Crippen molar-refractivity contribution >= 4 is 5.82 Å². The first kappa shape index (κ1) is 15.8. The number of hydrogen-bond acceptors (Lipinski definition) is 6. The Kier molecular flexibility index (Phi) is 4.62. The summed E-state index contributed by atoms with van der Waals surface area (Å²) in [7, 11) is 0. The van der Waals surface area contributed by atoms with Crippen LogP contribution in [0.1, 0.15) is 17.6 Å². The molecular weight excluding hydrogens is 311 g/mol. The van der Waals surface area contributed by atoms with Gasteiger partial charge in [0.2, 0.25) is 5.95 Å².